The van der Waals surface area contributed by atoms with Crippen LogP contribution in [0.15, 0.2) is 12.2 Å². The van der Waals surface area contributed by atoms with E-state index in [2.05, 4.69) is 55.0 Å². The van der Waals surface area contributed by atoms with Crippen LogP contribution in [0.1, 0.15) is 209 Å². The summed E-state index contributed by atoms with van der Waals surface area (Å²) in [5.74, 6) is 4.63. The highest BCUT2D eigenvalue weighted by atomic mass is 16.4. The van der Waals surface area contributed by atoms with Gasteiger partial charge in [-0.2, -0.15) is 0 Å². The van der Waals surface area contributed by atoms with E-state index < -0.39 is 5.97 Å². The quantitative estimate of drug-likeness (QED) is 0.124. The van der Waals surface area contributed by atoms with Crippen molar-refractivity contribution >= 4 is 5.97 Å². The Hall–Kier alpha value is -0.790. The van der Waals surface area contributed by atoms with Crippen molar-refractivity contribution in [2.75, 3.05) is 0 Å². The normalized spacial score (nSPS) is 41.6. The zero-order valence-corrected chi connectivity index (χ0v) is 33.2. The minimum atomic E-state index is -0.647. The molecule has 10 unspecified atom stereocenters. The lowest BCUT2D eigenvalue weighted by Crippen LogP contribution is -2.66. The Morgan fingerprint density at radius 3 is 1.79 bits per heavy atom. The van der Waals surface area contributed by atoms with Crippen LogP contribution < -0.4 is 0 Å². The third kappa shape index (κ3) is 7.28. The lowest BCUT2D eigenvalue weighted by Gasteiger charge is -2.73. The summed E-state index contributed by atoms with van der Waals surface area (Å²) < 4.78 is 0. The van der Waals surface area contributed by atoms with E-state index in [0.717, 1.165) is 48.3 Å². The summed E-state index contributed by atoms with van der Waals surface area (Å²) in [7, 11) is 0. The van der Waals surface area contributed by atoms with E-state index in [0.29, 0.717) is 33.5 Å². The molecule has 0 radical (unpaired) electrons. The van der Waals surface area contributed by atoms with E-state index in [1.54, 1.807) is 0 Å². The molecule has 2 heteroatoms. The van der Waals surface area contributed by atoms with Gasteiger partial charge in [-0.05, 0) is 147 Å². The molecule has 0 aromatic rings. The van der Waals surface area contributed by atoms with Crippen LogP contribution in [0.2, 0.25) is 0 Å². The van der Waals surface area contributed by atoms with Gasteiger partial charge in [0.05, 0.1) is 0 Å². The molecular weight excluding hydrogens is 585 g/mol. The lowest BCUT2D eigenvalue weighted by molar-refractivity contribution is -0.241. The minimum absolute atomic E-state index is 0.343. The van der Waals surface area contributed by atoms with E-state index in [9.17, 15) is 4.79 Å². The fraction of sp³-hybridized carbons (Fsp3) is 0.935. The van der Waals surface area contributed by atoms with Gasteiger partial charge >= 0.3 is 5.97 Å². The summed E-state index contributed by atoms with van der Waals surface area (Å²) in [4.78, 5) is 10.6. The summed E-state index contributed by atoms with van der Waals surface area (Å²) in [6, 6.07) is 0. The van der Waals surface area contributed by atoms with Crippen LogP contribution in [-0.4, -0.2) is 11.1 Å². The molecule has 5 fully saturated rings. The second-order valence-electron chi connectivity index (χ2n) is 20.4. The number of unbranched alkanes of at least 4 members (excludes halogenated alkanes) is 12. The van der Waals surface area contributed by atoms with Gasteiger partial charge in [0.1, 0.15) is 0 Å². The number of carboxylic acids is 1. The van der Waals surface area contributed by atoms with Crippen LogP contribution in [0.3, 0.4) is 0 Å². The summed E-state index contributed by atoms with van der Waals surface area (Å²) >= 11 is 0. The molecule has 5 rings (SSSR count). The van der Waals surface area contributed by atoms with Crippen molar-refractivity contribution in [2.24, 2.45) is 62.6 Å². The molecule has 0 bridgehead atoms. The van der Waals surface area contributed by atoms with Crippen LogP contribution in [0.5, 0.6) is 0 Å². The van der Waals surface area contributed by atoms with E-state index in [1.807, 2.05) is 0 Å². The maximum absolute atomic E-state index is 10.6. The molecule has 1 N–H and O–H groups in total. The SMILES string of the molecule is C=C(C)C1CCC2(C)CCC3(C)C(CCC4C5(C)CCC(CCCCCCCCCCCCCCCC(=O)O)C(C)(C)C5CCC43C)C12. The van der Waals surface area contributed by atoms with Crippen molar-refractivity contribution < 1.29 is 9.90 Å². The number of allylic oxidation sites excluding steroid dienone is 1. The monoisotopic (exact) mass is 665 g/mol. The number of hydrogen-bond donors (Lipinski definition) is 1. The summed E-state index contributed by atoms with van der Waals surface area (Å²) in [6.45, 7) is 23.5. The Balaban J connectivity index is 1.06. The molecular formula is C46H80O2. The molecule has 48 heavy (non-hydrogen) atoms. The third-order valence-corrected chi connectivity index (χ3v) is 17.7. The number of hydrogen-bond acceptors (Lipinski definition) is 1. The average Bonchev–Trinajstić information content (AvgIpc) is 3.38. The Kier molecular flexibility index (Phi) is 12.4. The highest BCUT2D eigenvalue weighted by Gasteiger charge is 2.70. The largest absolute Gasteiger partial charge is 0.481 e. The minimum Gasteiger partial charge on any atom is -0.481 e. The number of aliphatic carboxylic acids is 1. The van der Waals surface area contributed by atoms with Gasteiger partial charge in [-0.25, -0.2) is 0 Å². The second-order valence-corrected chi connectivity index (χ2v) is 20.4. The molecule has 0 aromatic heterocycles. The molecule has 0 amide bonds. The smallest absolute Gasteiger partial charge is 0.303 e. The average molecular weight is 665 g/mol. The van der Waals surface area contributed by atoms with Crippen molar-refractivity contribution in [1.29, 1.82) is 0 Å². The Morgan fingerprint density at radius 2 is 1.21 bits per heavy atom. The first-order valence-corrected chi connectivity index (χ1v) is 21.6. The van der Waals surface area contributed by atoms with Gasteiger partial charge in [-0.3, -0.25) is 4.79 Å². The maximum atomic E-state index is 10.6. The van der Waals surface area contributed by atoms with Crippen molar-refractivity contribution in [2.45, 2.75) is 209 Å². The fourth-order valence-electron chi connectivity index (χ4n) is 14.7. The fourth-order valence-corrected chi connectivity index (χ4v) is 14.7. The van der Waals surface area contributed by atoms with Crippen LogP contribution >= 0.6 is 0 Å². The van der Waals surface area contributed by atoms with Gasteiger partial charge in [0.15, 0.2) is 0 Å². The first-order valence-electron chi connectivity index (χ1n) is 21.6. The lowest BCUT2D eigenvalue weighted by atomic mass is 9.32. The van der Waals surface area contributed by atoms with Gasteiger partial charge in [0.25, 0.3) is 0 Å². The van der Waals surface area contributed by atoms with Crippen LogP contribution in [0.25, 0.3) is 0 Å². The van der Waals surface area contributed by atoms with E-state index in [-0.39, 0.29) is 0 Å². The molecule has 0 saturated heterocycles. The Morgan fingerprint density at radius 1 is 0.625 bits per heavy atom. The zero-order chi connectivity index (χ0) is 34.8. The van der Waals surface area contributed by atoms with Gasteiger partial charge in [0, 0.05) is 6.42 Å². The van der Waals surface area contributed by atoms with Crippen molar-refractivity contribution in [3.8, 4) is 0 Å². The first kappa shape index (κ1) is 38.4. The molecule has 0 aliphatic heterocycles. The second kappa shape index (κ2) is 15.4. The Bertz CT molecular complexity index is 1090. The molecule has 5 saturated carbocycles. The maximum Gasteiger partial charge on any atom is 0.303 e. The van der Waals surface area contributed by atoms with Crippen LogP contribution in [-0.2, 0) is 4.79 Å². The molecule has 0 aromatic carbocycles. The molecule has 2 nitrogen and oxygen atoms in total. The highest BCUT2D eigenvalue weighted by Crippen LogP contribution is 2.77. The van der Waals surface area contributed by atoms with Crippen molar-refractivity contribution in [1.82, 2.24) is 0 Å². The number of fused-ring (bicyclic) bond motifs is 7. The molecule has 0 spiro atoms. The Labute approximate surface area is 298 Å². The first-order chi connectivity index (χ1) is 22.7. The predicted molar refractivity (Wildman–Crippen MR) is 205 cm³/mol. The van der Waals surface area contributed by atoms with E-state index in [1.165, 1.54) is 147 Å². The number of rotatable bonds is 17. The van der Waals surface area contributed by atoms with Crippen molar-refractivity contribution in [3.63, 3.8) is 0 Å². The molecule has 276 valence electrons. The third-order valence-electron chi connectivity index (χ3n) is 17.7. The molecule has 0 heterocycles. The van der Waals surface area contributed by atoms with Gasteiger partial charge in [-0.1, -0.05) is 131 Å². The van der Waals surface area contributed by atoms with Gasteiger partial charge in [-0.15, -0.1) is 0 Å². The van der Waals surface area contributed by atoms with Crippen LogP contribution in [0.4, 0.5) is 0 Å². The van der Waals surface area contributed by atoms with Gasteiger partial charge < -0.3 is 5.11 Å². The molecule has 5 aliphatic carbocycles. The summed E-state index contributed by atoms with van der Waals surface area (Å²) in [5, 5.41) is 8.74. The van der Waals surface area contributed by atoms with E-state index >= 15 is 0 Å². The van der Waals surface area contributed by atoms with E-state index in [4.69, 9.17) is 5.11 Å². The topological polar surface area (TPSA) is 37.3 Å². The predicted octanol–water partition coefficient (Wildman–Crippen LogP) is 14.2. The number of carboxylic acid groups (broad SMARTS) is 1. The summed E-state index contributed by atoms with van der Waals surface area (Å²) in [5.41, 5.74) is 4.04. The summed E-state index contributed by atoms with van der Waals surface area (Å²) in [6.07, 6.45) is 33.6. The number of carbonyl (C=O) groups is 1. The van der Waals surface area contributed by atoms with Crippen molar-refractivity contribution in [3.05, 3.63) is 12.2 Å². The van der Waals surface area contributed by atoms with Crippen LogP contribution in [0, 0.1) is 62.6 Å². The molecule has 5 aliphatic rings. The zero-order valence-electron chi connectivity index (χ0n) is 33.2. The molecule has 10 atom stereocenters. The standard InChI is InChI=1S/C46H80O2/c1-34(2)36-27-29-43(5)32-33-45(7)37(41(36)43)24-25-39-44(6)30-26-35(42(3,4)38(44)28-31-46(39,45)8)22-20-18-16-14-12-10-9-11-13-15-17-19-21-23-40(47)48/h35-39,41H,1,9-33H2,2-8H3,(H,47,48). The highest BCUT2D eigenvalue weighted by molar-refractivity contribution is 5.66. The van der Waals surface area contributed by atoms with Gasteiger partial charge in [0.2, 0.25) is 0 Å².